The molecule has 1 aliphatic rings. The predicted molar refractivity (Wildman–Crippen MR) is 81.8 cm³/mol. The van der Waals surface area contributed by atoms with E-state index in [-0.39, 0.29) is 23.2 Å². The fraction of sp³-hybridized carbons (Fsp3) is 0.143. The smallest absolute Gasteiger partial charge is 0.231 e. The fourth-order valence-corrected chi connectivity index (χ4v) is 2.69. The summed E-state index contributed by atoms with van der Waals surface area (Å²) in [6, 6.07) is 5.71. The first-order chi connectivity index (χ1) is 10.7. The largest absolute Gasteiger partial charge is 0.422 e. The summed E-state index contributed by atoms with van der Waals surface area (Å²) >= 11 is 1.34. The molecule has 8 heteroatoms. The highest BCUT2D eigenvalue weighted by atomic mass is 32.2. The highest BCUT2D eigenvalue weighted by Crippen LogP contribution is 2.43. The topological polar surface area (TPSA) is 124 Å². The van der Waals surface area contributed by atoms with Gasteiger partial charge in [-0.3, -0.25) is 4.98 Å². The summed E-state index contributed by atoms with van der Waals surface area (Å²) in [5.74, 6) is 0.0815. The maximum absolute atomic E-state index is 9.44. The Morgan fingerprint density at radius 1 is 1.36 bits per heavy atom. The Labute approximate surface area is 131 Å². The lowest BCUT2D eigenvalue weighted by Gasteiger charge is -2.26. The number of aromatic nitrogens is 3. The predicted octanol–water partition coefficient (Wildman–Crippen LogP) is 1.39. The van der Waals surface area contributed by atoms with Gasteiger partial charge in [0, 0.05) is 12.4 Å². The molecule has 2 aromatic rings. The van der Waals surface area contributed by atoms with Crippen LogP contribution in [-0.4, -0.2) is 21.2 Å². The minimum Gasteiger partial charge on any atom is -0.422 e. The van der Waals surface area contributed by atoms with Gasteiger partial charge in [0.05, 0.1) is 11.5 Å². The number of rotatable bonds is 2. The van der Waals surface area contributed by atoms with Crippen molar-refractivity contribution in [2.45, 2.75) is 11.1 Å². The number of nitrogens with zero attached hydrogens (tertiary/aromatic N) is 4. The van der Waals surface area contributed by atoms with Crippen molar-refractivity contribution in [3.63, 3.8) is 0 Å². The summed E-state index contributed by atoms with van der Waals surface area (Å²) in [5.41, 5.74) is 13.5. The Morgan fingerprint density at radius 3 is 2.82 bits per heavy atom. The Kier molecular flexibility index (Phi) is 3.56. The summed E-state index contributed by atoms with van der Waals surface area (Å²) in [4.78, 5) is 12.6. The number of hydrogen-bond donors (Lipinski definition) is 2. The third kappa shape index (κ3) is 2.21. The molecule has 0 saturated carbocycles. The zero-order valence-electron chi connectivity index (χ0n) is 11.6. The van der Waals surface area contributed by atoms with Crippen molar-refractivity contribution in [3.05, 3.63) is 47.1 Å². The highest BCUT2D eigenvalue weighted by molar-refractivity contribution is 7.98. The zero-order chi connectivity index (χ0) is 15.7. The van der Waals surface area contributed by atoms with Crippen LogP contribution in [0.3, 0.4) is 0 Å². The maximum Gasteiger partial charge on any atom is 0.231 e. The van der Waals surface area contributed by atoms with Crippen LogP contribution in [0.25, 0.3) is 0 Å². The SMILES string of the molecule is CSc1nc(N)c2c(n1)OC(N)=C(C#N)[C@H]2c1cccnc1. The second kappa shape index (κ2) is 5.54. The number of ether oxygens (including phenoxy) is 1. The van der Waals surface area contributed by atoms with Gasteiger partial charge in [0.1, 0.15) is 17.5 Å². The van der Waals surface area contributed by atoms with Crippen LogP contribution in [0.2, 0.25) is 0 Å². The van der Waals surface area contributed by atoms with E-state index in [0.717, 1.165) is 5.56 Å². The molecule has 0 radical (unpaired) electrons. The van der Waals surface area contributed by atoms with Gasteiger partial charge < -0.3 is 16.2 Å². The van der Waals surface area contributed by atoms with Crippen molar-refractivity contribution in [2.75, 3.05) is 12.0 Å². The first-order valence-corrected chi connectivity index (χ1v) is 7.57. The van der Waals surface area contributed by atoms with Gasteiger partial charge in [-0.1, -0.05) is 17.8 Å². The van der Waals surface area contributed by atoms with Crippen molar-refractivity contribution < 1.29 is 4.74 Å². The van der Waals surface area contributed by atoms with E-state index >= 15 is 0 Å². The minimum absolute atomic E-state index is 0.0222. The molecule has 3 rings (SSSR count). The van der Waals surface area contributed by atoms with Crippen LogP contribution >= 0.6 is 11.8 Å². The van der Waals surface area contributed by atoms with Gasteiger partial charge >= 0.3 is 0 Å². The van der Waals surface area contributed by atoms with E-state index in [1.54, 1.807) is 18.5 Å². The highest BCUT2D eigenvalue weighted by Gasteiger charge is 2.34. The molecule has 7 nitrogen and oxygen atoms in total. The van der Waals surface area contributed by atoms with Crippen LogP contribution in [0.5, 0.6) is 5.88 Å². The maximum atomic E-state index is 9.44. The van der Waals surface area contributed by atoms with Gasteiger partial charge in [-0.25, -0.2) is 4.98 Å². The van der Waals surface area contributed by atoms with Crippen LogP contribution in [0.15, 0.2) is 41.1 Å². The molecule has 0 saturated heterocycles. The molecule has 110 valence electrons. The standard InChI is InChI=1S/C14H12N6OS/c1-22-14-19-11(16)10-9(7-3-2-4-18-6-7)8(5-15)12(17)21-13(10)20-14/h2-4,6,9H,17H2,1H3,(H2,16,19,20)/t9-/m1/s1. The number of hydrogen-bond acceptors (Lipinski definition) is 8. The molecule has 22 heavy (non-hydrogen) atoms. The monoisotopic (exact) mass is 312 g/mol. The Morgan fingerprint density at radius 2 is 2.18 bits per heavy atom. The number of fused-ring (bicyclic) bond motifs is 1. The van der Waals surface area contributed by atoms with E-state index in [9.17, 15) is 5.26 Å². The van der Waals surface area contributed by atoms with E-state index in [2.05, 4.69) is 21.0 Å². The van der Waals surface area contributed by atoms with E-state index in [0.29, 0.717) is 10.7 Å². The molecular weight excluding hydrogens is 300 g/mol. The van der Waals surface area contributed by atoms with Crippen molar-refractivity contribution in [2.24, 2.45) is 5.73 Å². The second-order valence-corrected chi connectivity index (χ2v) is 5.30. The van der Waals surface area contributed by atoms with Crippen LogP contribution in [0, 0.1) is 11.3 Å². The average Bonchev–Trinajstić information content (AvgIpc) is 2.54. The molecule has 0 aliphatic carbocycles. The number of pyridine rings is 1. The van der Waals surface area contributed by atoms with Gasteiger partial charge in [0.15, 0.2) is 5.16 Å². The molecule has 0 fully saturated rings. The molecule has 0 amide bonds. The van der Waals surface area contributed by atoms with Gasteiger partial charge in [-0.2, -0.15) is 10.2 Å². The van der Waals surface area contributed by atoms with Crippen LogP contribution < -0.4 is 16.2 Å². The third-order valence-corrected chi connectivity index (χ3v) is 3.84. The summed E-state index contributed by atoms with van der Waals surface area (Å²) < 4.78 is 5.48. The number of allylic oxidation sites excluding steroid dienone is 1. The van der Waals surface area contributed by atoms with Crippen LogP contribution in [0.4, 0.5) is 5.82 Å². The lowest BCUT2D eigenvalue weighted by molar-refractivity contribution is 0.373. The van der Waals surface area contributed by atoms with E-state index in [1.807, 2.05) is 12.3 Å². The fourth-order valence-electron chi connectivity index (χ4n) is 2.33. The quantitative estimate of drug-likeness (QED) is 0.630. The molecule has 4 N–H and O–H groups in total. The Bertz CT molecular complexity index is 799. The van der Waals surface area contributed by atoms with E-state index in [4.69, 9.17) is 16.2 Å². The van der Waals surface area contributed by atoms with Crippen molar-refractivity contribution >= 4 is 17.6 Å². The average molecular weight is 312 g/mol. The van der Waals surface area contributed by atoms with Gasteiger partial charge in [-0.05, 0) is 17.9 Å². The van der Waals surface area contributed by atoms with Crippen molar-refractivity contribution in [1.82, 2.24) is 15.0 Å². The number of thioether (sulfide) groups is 1. The number of nitriles is 1. The molecule has 3 heterocycles. The number of anilines is 1. The summed E-state index contributed by atoms with van der Waals surface area (Å²) in [5, 5.41) is 9.92. The first-order valence-electron chi connectivity index (χ1n) is 6.34. The van der Waals surface area contributed by atoms with Gasteiger partial charge in [0.25, 0.3) is 0 Å². The zero-order valence-corrected chi connectivity index (χ0v) is 12.5. The molecular formula is C14H12N6OS. The van der Waals surface area contributed by atoms with Crippen LogP contribution in [-0.2, 0) is 0 Å². The molecule has 1 aliphatic heterocycles. The second-order valence-electron chi connectivity index (χ2n) is 4.53. The normalized spacial score (nSPS) is 16.6. The number of nitrogens with two attached hydrogens (primary N) is 2. The van der Waals surface area contributed by atoms with Gasteiger partial charge in [-0.15, -0.1) is 0 Å². The molecule has 0 aromatic carbocycles. The lowest BCUT2D eigenvalue weighted by atomic mass is 9.85. The lowest BCUT2D eigenvalue weighted by Crippen LogP contribution is -2.23. The Balaban J connectivity index is 2.26. The first kappa shape index (κ1) is 14.2. The molecule has 0 unspecified atom stereocenters. The molecule has 1 atom stereocenters. The number of nitrogen functional groups attached to an aromatic ring is 1. The van der Waals surface area contributed by atoms with Crippen LogP contribution in [0.1, 0.15) is 17.0 Å². The van der Waals surface area contributed by atoms with Crippen molar-refractivity contribution in [3.8, 4) is 11.9 Å². The third-order valence-electron chi connectivity index (χ3n) is 3.29. The summed E-state index contributed by atoms with van der Waals surface area (Å²) in [6.07, 6.45) is 5.15. The van der Waals surface area contributed by atoms with E-state index < -0.39 is 5.92 Å². The van der Waals surface area contributed by atoms with Gasteiger partial charge in [0.2, 0.25) is 11.8 Å². The Hall–Kier alpha value is -2.79. The van der Waals surface area contributed by atoms with E-state index in [1.165, 1.54) is 11.8 Å². The summed E-state index contributed by atoms with van der Waals surface area (Å²) in [6.45, 7) is 0. The van der Waals surface area contributed by atoms with Crippen molar-refractivity contribution in [1.29, 1.82) is 5.26 Å². The molecule has 0 bridgehead atoms. The minimum atomic E-state index is -0.488. The molecule has 0 spiro atoms. The summed E-state index contributed by atoms with van der Waals surface area (Å²) in [7, 11) is 0. The molecule has 2 aromatic heterocycles.